The summed E-state index contributed by atoms with van der Waals surface area (Å²) in [4.78, 5) is 12.3. The lowest BCUT2D eigenvalue weighted by atomic mass is 10.1. The standard InChI is InChI=1S/C21H23N3O3S/c1-5-26-17-9-7-6-8-16(17)20-23-24-21(27-20)28-12-18(25)22-19-14(3)10-13(2)11-15(19)4/h6-11H,5,12H2,1-4H3,(H,22,25). The van der Waals surface area contributed by atoms with E-state index in [0.29, 0.717) is 23.5 Å². The molecule has 3 aromatic rings. The fourth-order valence-corrected chi connectivity index (χ4v) is 3.54. The Morgan fingerprint density at radius 2 is 1.86 bits per heavy atom. The number of carbonyl (C=O) groups is 1. The molecule has 146 valence electrons. The van der Waals surface area contributed by atoms with E-state index in [1.165, 1.54) is 17.3 Å². The maximum atomic E-state index is 12.3. The minimum absolute atomic E-state index is 0.116. The average Bonchev–Trinajstić information content (AvgIpc) is 3.12. The van der Waals surface area contributed by atoms with Gasteiger partial charge in [0.25, 0.3) is 11.1 Å². The molecule has 1 aromatic heterocycles. The molecule has 0 unspecified atom stereocenters. The maximum Gasteiger partial charge on any atom is 0.277 e. The van der Waals surface area contributed by atoms with Gasteiger partial charge in [-0.15, -0.1) is 10.2 Å². The highest BCUT2D eigenvalue weighted by atomic mass is 32.2. The number of aromatic nitrogens is 2. The van der Waals surface area contributed by atoms with Crippen LogP contribution in [0.3, 0.4) is 0 Å². The van der Waals surface area contributed by atoms with Crippen molar-refractivity contribution in [2.45, 2.75) is 32.9 Å². The largest absolute Gasteiger partial charge is 0.493 e. The molecular formula is C21H23N3O3S. The molecule has 1 heterocycles. The number of carbonyl (C=O) groups excluding carboxylic acids is 1. The lowest BCUT2D eigenvalue weighted by Crippen LogP contribution is -2.15. The van der Waals surface area contributed by atoms with E-state index in [1.807, 2.05) is 52.0 Å². The van der Waals surface area contributed by atoms with Crippen LogP contribution in [0.4, 0.5) is 5.69 Å². The number of aryl methyl sites for hydroxylation is 3. The van der Waals surface area contributed by atoms with E-state index in [0.717, 1.165) is 22.4 Å². The van der Waals surface area contributed by atoms with Crippen molar-refractivity contribution in [3.05, 3.63) is 53.1 Å². The number of thioether (sulfide) groups is 1. The van der Waals surface area contributed by atoms with Gasteiger partial charge in [0.2, 0.25) is 5.91 Å². The third-order valence-corrected chi connectivity index (χ3v) is 4.91. The second-order valence-electron chi connectivity index (χ2n) is 6.41. The van der Waals surface area contributed by atoms with Gasteiger partial charge < -0.3 is 14.5 Å². The molecule has 1 N–H and O–H groups in total. The Labute approximate surface area is 168 Å². The van der Waals surface area contributed by atoms with E-state index in [9.17, 15) is 4.79 Å². The minimum atomic E-state index is -0.116. The number of rotatable bonds is 7. The van der Waals surface area contributed by atoms with Gasteiger partial charge in [-0.05, 0) is 51.0 Å². The molecule has 0 bridgehead atoms. The number of hydrogen-bond acceptors (Lipinski definition) is 6. The fraction of sp³-hybridized carbons (Fsp3) is 0.286. The molecule has 0 aliphatic rings. The summed E-state index contributed by atoms with van der Waals surface area (Å²) in [6.45, 7) is 8.48. The summed E-state index contributed by atoms with van der Waals surface area (Å²) < 4.78 is 11.3. The number of ether oxygens (including phenoxy) is 1. The minimum Gasteiger partial charge on any atom is -0.493 e. The van der Waals surface area contributed by atoms with E-state index < -0.39 is 0 Å². The van der Waals surface area contributed by atoms with Crippen LogP contribution in [0.25, 0.3) is 11.5 Å². The summed E-state index contributed by atoms with van der Waals surface area (Å²) in [5.74, 6) is 1.13. The number of nitrogens with one attached hydrogen (secondary N) is 1. The lowest BCUT2D eigenvalue weighted by molar-refractivity contribution is -0.113. The number of hydrogen-bond donors (Lipinski definition) is 1. The molecule has 2 aromatic carbocycles. The number of nitrogens with zero attached hydrogens (tertiary/aromatic N) is 2. The van der Waals surface area contributed by atoms with Crippen LogP contribution >= 0.6 is 11.8 Å². The normalized spacial score (nSPS) is 10.7. The highest BCUT2D eigenvalue weighted by Crippen LogP contribution is 2.31. The van der Waals surface area contributed by atoms with Crippen LogP contribution in [0.2, 0.25) is 0 Å². The first-order chi connectivity index (χ1) is 13.5. The lowest BCUT2D eigenvalue weighted by Gasteiger charge is -2.12. The van der Waals surface area contributed by atoms with Crippen molar-refractivity contribution < 1.29 is 13.9 Å². The summed E-state index contributed by atoms with van der Waals surface area (Å²) >= 11 is 1.20. The van der Waals surface area contributed by atoms with Crippen molar-refractivity contribution in [1.29, 1.82) is 0 Å². The van der Waals surface area contributed by atoms with Crippen molar-refractivity contribution in [2.75, 3.05) is 17.7 Å². The Bertz CT molecular complexity index is 962. The summed E-state index contributed by atoms with van der Waals surface area (Å²) in [5.41, 5.74) is 4.85. The van der Waals surface area contributed by atoms with Crippen LogP contribution in [0, 0.1) is 20.8 Å². The molecule has 1 amide bonds. The molecule has 0 saturated heterocycles. The number of amides is 1. The molecule has 7 heteroatoms. The summed E-state index contributed by atoms with van der Waals surface area (Å²) in [7, 11) is 0. The van der Waals surface area contributed by atoms with Crippen LogP contribution in [0.1, 0.15) is 23.6 Å². The molecule has 0 aliphatic heterocycles. The average molecular weight is 398 g/mol. The number of para-hydroxylation sites is 1. The van der Waals surface area contributed by atoms with Crippen molar-refractivity contribution >= 4 is 23.4 Å². The first kappa shape index (κ1) is 19.9. The van der Waals surface area contributed by atoms with E-state index in [-0.39, 0.29) is 11.7 Å². The van der Waals surface area contributed by atoms with Crippen LogP contribution in [0.15, 0.2) is 46.0 Å². The molecular weight excluding hydrogens is 374 g/mol. The van der Waals surface area contributed by atoms with Crippen LogP contribution < -0.4 is 10.1 Å². The van der Waals surface area contributed by atoms with Gasteiger partial charge in [0.05, 0.1) is 17.9 Å². The van der Waals surface area contributed by atoms with Crippen molar-refractivity contribution in [3.63, 3.8) is 0 Å². The quantitative estimate of drug-likeness (QED) is 0.578. The van der Waals surface area contributed by atoms with Gasteiger partial charge in [-0.1, -0.05) is 41.6 Å². The first-order valence-electron chi connectivity index (χ1n) is 9.04. The Morgan fingerprint density at radius 3 is 2.57 bits per heavy atom. The van der Waals surface area contributed by atoms with Gasteiger partial charge >= 0.3 is 0 Å². The van der Waals surface area contributed by atoms with Gasteiger partial charge in [-0.3, -0.25) is 4.79 Å². The Kier molecular flexibility index (Phi) is 6.36. The Hall–Kier alpha value is -2.80. The molecule has 0 radical (unpaired) electrons. The summed E-state index contributed by atoms with van der Waals surface area (Å²) in [5, 5.41) is 11.4. The zero-order valence-corrected chi connectivity index (χ0v) is 17.2. The molecule has 0 atom stereocenters. The van der Waals surface area contributed by atoms with E-state index in [2.05, 4.69) is 27.6 Å². The van der Waals surface area contributed by atoms with Gasteiger partial charge in [0.15, 0.2) is 0 Å². The second kappa shape index (κ2) is 8.93. The topological polar surface area (TPSA) is 77.2 Å². The molecule has 3 rings (SSSR count). The fourth-order valence-electron chi connectivity index (χ4n) is 2.98. The monoisotopic (exact) mass is 397 g/mol. The van der Waals surface area contributed by atoms with Crippen molar-refractivity contribution in [2.24, 2.45) is 0 Å². The van der Waals surface area contributed by atoms with E-state index in [1.54, 1.807) is 0 Å². The molecule has 0 aliphatic carbocycles. The second-order valence-corrected chi connectivity index (χ2v) is 7.34. The van der Waals surface area contributed by atoms with E-state index >= 15 is 0 Å². The highest BCUT2D eigenvalue weighted by molar-refractivity contribution is 7.99. The molecule has 6 nitrogen and oxygen atoms in total. The predicted octanol–water partition coefficient (Wildman–Crippen LogP) is 4.79. The third kappa shape index (κ3) is 4.72. The van der Waals surface area contributed by atoms with Crippen molar-refractivity contribution in [1.82, 2.24) is 10.2 Å². The highest BCUT2D eigenvalue weighted by Gasteiger charge is 2.15. The predicted molar refractivity (Wildman–Crippen MR) is 111 cm³/mol. The Morgan fingerprint density at radius 1 is 1.14 bits per heavy atom. The van der Waals surface area contributed by atoms with Gasteiger partial charge in [-0.25, -0.2) is 0 Å². The summed E-state index contributed by atoms with van der Waals surface area (Å²) in [6, 6.07) is 11.6. The SMILES string of the molecule is CCOc1ccccc1-c1nnc(SCC(=O)Nc2c(C)cc(C)cc2C)o1. The molecule has 0 saturated carbocycles. The van der Waals surface area contributed by atoms with Gasteiger partial charge in [0.1, 0.15) is 5.75 Å². The van der Waals surface area contributed by atoms with Gasteiger partial charge in [0, 0.05) is 5.69 Å². The molecule has 28 heavy (non-hydrogen) atoms. The zero-order valence-electron chi connectivity index (χ0n) is 16.4. The number of anilines is 1. The Balaban J connectivity index is 1.64. The van der Waals surface area contributed by atoms with Crippen LogP contribution in [-0.2, 0) is 4.79 Å². The molecule has 0 fully saturated rings. The summed E-state index contributed by atoms with van der Waals surface area (Å²) in [6.07, 6.45) is 0. The smallest absolute Gasteiger partial charge is 0.277 e. The van der Waals surface area contributed by atoms with Crippen LogP contribution in [-0.4, -0.2) is 28.5 Å². The zero-order chi connectivity index (χ0) is 20.1. The van der Waals surface area contributed by atoms with E-state index in [4.69, 9.17) is 9.15 Å². The third-order valence-electron chi connectivity index (χ3n) is 4.09. The molecule has 0 spiro atoms. The first-order valence-corrected chi connectivity index (χ1v) is 10.0. The maximum absolute atomic E-state index is 12.3. The van der Waals surface area contributed by atoms with Crippen LogP contribution in [0.5, 0.6) is 5.75 Å². The number of benzene rings is 2. The van der Waals surface area contributed by atoms with Gasteiger partial charge in [-0.2, -0.15) is 0 Å². The van der Waals surface area contributed by atoms with Crippen molar-refractivity contribution in [3.8, 4) is 17.2 Å².